The lowest BCUT2D eigenvalue weighted by molar-refractivity contribution is -0.131. The van der Waals surface area contributed by atoms with E-state index in [9.17, 15) is 4.79 Å². The number of halogens is 2. The highest BCUT2D eigenvalue weighted by atomic mass is 35.5. The van der Waals surface area contributed by atoms with Gasteiger partial charge in [0, 0.05) is 17.6 Å². The molecule has 1 amide bonds. The van der Waals surface area contributed by atoms with Crippen molar-refractivity contribution >= 4 is 29.1 Å². The van der Waals surface area contributed by atoms with Crippen molar-refractivity contribution in [3.05, 3.63) is 34.9 Å². The molecule has 0 radical (unpaired) electrons. The van der Waals surface area contributed by atoms with E-state index in [2.05, 4.69) is 0 Å². The number of hydrogen-bond acceptors (Lipinski definition) is 1. The van der Waals surface area contributed by atoms with E-state index in [4.69, 9.17) is 23.2 Å². The zero-order chi connectivity index (χ0) is 14.4. The molecule has 0 atom stereocenters. The summed E-state index contributed by atoms with van der Waals surface area (Å²) >= 11 is 11.7. The Morgan fingerprint density at radius 2 is 1.70 bits per heavy atom. The van der Waals surface area contributed by atoms with Crippen molar-refractivity contribution in [1.29, 1.82) is 0 Å². The van der Waals surface area contributed by atoms with Crippen LogP contribution in [0.1, 0.15) is 44.1 Å². The Hall–Kier alpha value is -0.730. The van der Waals surface area contributed by atoms with E-state index in [1.54, 1.807) is 0 Å². The maximum Gasteiger partial charge on any atom is 0.238 e. The van der Waals surface area contributed by atoms with Crippen molar-refractivity contribution in [1.82, 2.24) is 4.90 Å². The van der Waals surface area contributed by atoms with Crippen molar-refractivity contribution in [2.75, 3.05) is 5.88 Å². The highest BCUT2D eigenvalue weighted by molar-refractivity contribution is 6.30. The molecule has 0 saturated heterocycles. The molecule has 4 heteroatoms. The average molecular weight is 314 g/mol. The molecule has 0 N–H and O–H groups in total. The van der Waals surface area contributed by atoms with Crippen molar-refractivity contribution in [2.24, 2.45) is 0 Å². The van der Waals surface area contributed by atoms with Gasteiger partial charge in [-0.15, -0.1) is 11.6 Å². The predicted octanol–water partition coefficient (Wildman–Crippen LogP) is 4.63. The van der Waals surface area contributed by atoms with E-state index in [1.807, 2.05) is 29.2 Å². The quantitative estimate of drug-likeness (QED) is 0.586. The molecule has 1 aromatic rings. The Bertz CT molecular complexity index is 425. The van der Waals surface area contributed by atoms with Crippen LogP contribution in [-0.4, -0.2) is 22.7 Å². The van der Waals surface area contributed by atoms with Gasteiger partial charge in [-0.1, -0.05) is 49.4 Å². The highest BCUT2D eigenvalue weighted by Crippen LogP contribution is 2.24. The van der Waals surface area contributed by atoms with Crippen LogP contribution in [0.5, 0.6) is 0 Å². The third-order valence-electron chi connectivity index (χ3n) is 3.97. The summed E-state index contributed by atoms with van der Waals surface area (Å²) in [5.74, 6) is 0.0953. The third-order valence-corrected chi connectivity index (χ3v) is 4.45. The Balaban J connectivity index is 2.10. The van der Waals surface area contributed by atoms with E-state index in [-0.39, 0.29) is 11.8 Å². The molecule has 1 aliphatic rings. The molecule has 0 bridgehead atoms. The summed E-state index contributed by atoms with van der Waals surface area (Å²) < 4.78 is 0. The molecule has 0 heterocycles. The summed E-state index contributed by atoms with van der Waals surface area (Å²) in [5.41, 5.74) is 1.11. The average Bonchev–Trinajstić information content (AvgIpc) is 2.75. The van der Waals surface area contributed by atoms with Gasteiger partial charge in [-0.05, 0) is 30.5 Å². The van der Waals surface area contributed by atoms with Gasteiger partial charge in [0.1, 0.15) is 5.88 Å². The topological polar surface area (TPSA) is 20.3 Å². The molecule has 2 nitrogen and oxygen atoms in total. The fourth-order valence-electron chi connectivity index (χ4n) is 2.85. The molecule has 0 spiro atoms. The molecule has 0 aliphatic heterocycles. The van der Waals surface area contributed by atoms with Gasteiger partial charge in [-0.2, -0.15) is 0 Å². The number of amides is 1. The zero-order valence-corrected chi connectivity index (χ0v) is 13.2. The molecule has 0 aromatic heterocycles. The van der Waals surface area contributed by atoms with E-state index in [0.29, 0.717) is 12.6 Å². The largest absolute Gasteiger partial charge is 0.334 e. The van der Waals surface area contributed by atoms with Gasteiger partial charge in [-0.25, -0.2) is 0 Å². The normalized spacial score (nSPS) is 16.7. The number of benzene rings is 1. The first-order chi connectivity index (χ1) is 9.70. The smallest absolute Gasteiger partial charge is 0.238 e. The van der Waals surface area contributed by atoms with Crippen molar-refractivity contribution in [3.8, 4) is 0 Å². The van der Waals surface area contributed by atoms with Gasteiger partial charge in [0.05, 0.1) is 0 Å². The standard InChI is InChI=1S/C16H21Cl2NO/c17-11-16(20)19(15-5-3-1-2-4-6-15)12-13-7-9-14(18)10-8-13/h7-10,15H,1-6,11-12H2. The SMILES string of the molecule is O=C(CCl)N(Cc1ccc(Cl)cc1)C1CCCCCC1. The Labute approximate surface area is 131 Å². The minimum atomic E-state index is 0.0357. The predicted molar refractivity (Wildman–Crippen MR) is 84.2 cm³/mol. The second kappa shape index (κ2) is 7.90. The molecule has 2 rings (SSSR count). The first-order valence-electron chi connectivity index (χ1n) is 7.30. The van der Waals surface area contributed by atoms with Gasteiger partial charge in [0.25, 0.3) is 0 Å². The number of hydrogen-bond donors (Lipinski definition) is 0. The van der Waals surface area contributed by atoms with Crippen molar-refractivity contribution < 1.29 is 4.79 Å². The summed E-state index contributed by atoms with van der Waals surface area (Å²) in [6, 6.07) is 8.03. The molecule has 1 saturated carbocycles. The van der Waals surface area contributed by atoms with Gasteiger partial charge in [0.2, 0.25) is 5.91 Å². The van der Waals surface area contributed by atoms with Crippen LogP contribution in [0.2, 0.25) is 5.02 Å². The number of carbonyl (C=O) groups excluding carboxylic acids is 1. The van der Waals surface area contributed by atoms with Crippen LogP contribution in [0, 0.1) is 0 Å². The molecular formula is C16H21Cl2NO. The molecular weight excluding hydrogens is 293 g/mol. The summed E-state index contributed by atoms with van der Waals surface area (Å²) in [4.78, 5) is 14.1. The summed E-state index contributed by atoms with van der Waals surface area (Å²) in [6.45, 7) is 0.632. The van der Waals surface area contributed by atoms with Crippen LogP contribution in [-0.2, 0) is 11.3 Å². The first kappa shape index (κ1) is 15.7. The lowest BCUT2D eigenvalue weighted by Gasteiger charge is -2.31. The minimum Gasteiger partial charge on any atom is -0.334 e. The highest BCUT2D eigenvalue weighted by Gasteiger charge is 2.24. The molecule has 0 unspecified atom stereocenters. The maximum absolute atomic E-state index is 12.2. The Morgan fingerprint density at radius 1 is 1.10 bits per heavy atom. The van der Waals surface area contributed by atoms with Gasteiger partial charge >= 0.3 is 0 Å². The lowest BCUT2D eigenvalue weighted by atomic mass is 10.1. The summed E-state index contributed by atoms with van der Waals surface area (Å²) in [7, 11) is 0. The maximum atomic E-state index is 12.2. The molecule has 20 heavy (non-hydrogen) atoms. The molecule has 1 aromatic carbocycles. The zero-order valence-electron chi connectivity index (χ0n) is 11.7. The number of rotatable bonds is 4. The fraction of sp³-hybridized carbons (Fsp3) is 0.562. The summed E-state index contributed by atoms with van der Waals surface area (Å²) in [6.07, 6.45) is 7.15. The number of carbonyl (C=O) groups is 1. The van der Waals surface area contributed by atoms with Crippen LogP contribution >= 0.6 is 23.2 Å². The second-order valence-corrected chi connectivity index (χ2v) is 6.13. The van der Waals surface area contributed by atoms with Crippen LogP contribution < -0.4 is 0 Å². The van der Waals surface area contributed by atoms with E-state index < -0.39 is 0 Å². The molecule has 1 fully saturated rings. The van der Waals surface area contributed by atoms with E-state index >= 15 is 0 Å². The monoisotopic (exact) mass is 313 g/mol. The third kappa shape index (κ3) is 4.39. The Morgan fingerprint density at radius 3 is 2.25 bits per heavy atom. The van der Waals surface area contributed by atoms with Gasteiger partial charge in [-0.3, -0.25) is 4.79 Å². The van der Waals surface area contributed by atoms with Crippen LogP contribution in [0.15, 0.2) is 24.3 Å². The van der Waals surface area contributed by atoms with E-state index in [0.717, 1.165) is 23.4 Å². The van der Waals surface area contributed by atoms with Crippen LogP contribution in [0.4, 0.5) is 0 Å². The fourth-order valence-corrected chi connectivity index (χ4v) is 3.13. The van der Waals surface area contributed by atoms with E-state index in [1.165, 1.54) is 25.7 Å². The minimum absolute atomic E-state index is 0.0357. The number of alkyl halides is 1. The number of nitrogens with zero attached hydrogens (tertiary/aromatic N) is 1. The van der Waals surface area contributed by atoms with Gasteiger partial charge < -0.3 is 4.90 Å². The summed E-state index contributed by atoms with van der Waals surface area (Å²) in [5, 5.41) is 0.721. The Kier molecular flexibility index (Phi) is 6.18. The van der Waals surface area contributed by atoms with Crippen LogP contribution in [0.3, 0.4) is 0 Å². The van der Waals surface area contributed by atoms with Crippen molar-refractivity contribution in [2.45, 2.75) is 51.1 Å². The molecule has 110 valence electrons. The second-order valence-electron chi connectivity index (χ2n) is 5.43. The molecule has 1 aliphatic carbocycles. The van der Waals surface area contributed by atoms with Crippen LogP contribution in [0.25, 0.3) is 0 Å². The van der Waals surface area contributed by atoms with Crippen molar-refractivity contribution in [3.63, 3.8) is 0 Å². The first-order valence-corrected chi connectivity index (χ1v) is 8.22. The lowest BCUT2D eigenvalue weighted by Crippen LogP contribution is -2.40. The van der Waals surface area contributed by atoms with Gasteiger partial charge in [0.15, 0.2) is 0 Å².